The van der Waals surface area contributed by atoms with Gasteiger partial charge in [-0.2, -0.15) is 5.10 Å². The topological polar surface area (TPSA) is 64.4 Å². The Hall–Kier alpha value is -3.12. The van der Waals surface area contributed by atoms with E-state index in [9.17, 15) is 9.59 Å². The van der Waals surface area contributed by atoms with E-state index < -0.39 is 12.1 Å². The minimum Gasteiger partial charge on any atom is -0.449 e. The van der Waals surface area contributed by atoms with Gasteiger partial charge in [-0.25, -0.2) is 9.48 Å². The average Bonchev–Trinajstić information content (AvgIpc) is 3.07. The molecule has 32 heavy (non-hydrogen) atoms. The highest BCUT2D eigenvalue weighted by atomic mass is 35.5. The number of nitrogens with zero attached hydrogens (tertiary/aromatic N) is 3. The van der Waals surface area contributed by atoms with E-state index in [0.717, 1.165) is 23.1 Å². The number of ether oxygens (including phenoxy) is 1. The standard InChI is InChI=1S/C25H26ClN3O3/c1-16-8-10-19(11-9-16)14-29-23(26)22(17(2)27-29)25(31)32-18(3)24(30)28-13-12-20-6-4-5-7-21(20)15-28/h4-11,18H,12-15H2,1-3H3. The maximum absolute atomic E-state index is 12.9. The molecule has 0 fully saturated rings. The van der Waals surface area contributed by atoms with Gasteiger partial charge >= 0.3 is 5.97 Å². The molecule has 7 heteroatoms. The van der Waals surface area contributed by atoms with Gasteiger partial charge in [0.25, 0.3) is 5.91 Å². The van der Waals surface area contributed by atoms with Crippen LogP contribution in [0.25, 0.3) is 0 Å². The SMILES string of the molecule is Cc1ccc(Cn2nc(C)c(C(=O)OC(C)C(=O)N3CCc4ccccc4C3)c2Cl)cc1. The first kappa shape index (κ1) is 22.1. The lowest BCUT2D eigenvalue weighted by molar-refractivity contribution is -0.140. The van der Waals surface area contributed by atoms with Gasteiger partial charge in [0.1, 0.15) is 10.7 Å². The van der Waals surface area contributed by atoms with Crippen molar-refractivity contribution >= 4 is 23.5 Å². The molecule has 0 spiro atoms. The molecular weight excluding hydrogens is 426 g/mol. The van der Waals surface area contributed by atoms with Crippen LogP contribution in [0.3, 0.4) is 0 Å². The van der Waals surface area contributed by atoms with Crippen molar-refractivity contribution in [2.45, 2.75) is 46.4 Å². The molecule has 2 aromatic carbocycles. The Morgan fingerprint density at radius 2 is 1.78 bits per heavy atom. The molecule has 0 N–H and O–H groups in total. The number of carbonyl (C=O) groups is 2. The zero-order valence-corrected chi connectivity index (χ0v) is 19.2. The fourth-order valence-corrected chi connectivity index (χ4v) is 4.28. The third kappa shape index (κ3) is 4.55. The van der Waals surface area contributed by atoms with Crippen LogP contribution in [0.15, 0.2) is 48.5 Å². The number of esters is 1. The lowest BCUT2D eigenvalue weighted by Gasteiger charge is -2.30. The number of fused-ring (bicyclic) bond motifs is 1. The van der Waals surface area contributed by atoms with E-state index in [1.54, 1.807) is 23.4 Å². The quantitative estimate of drug-likeness (QED) is 0.541. The molecule has 1 aliphatic heterocycles. The highest BCUT2D eigenvalue weighted by Crippen LogP contribution is 2.24. The number of amides is 1. The van der Waals surface area contributed by atoms with Gasteiger partial charge in [-0.3, -0.25) is 4.79 Å². The van der Waals surface area contributed by atoms with Crippen molar-refractivity contribution in [1.82, 2.24) is 14.7 Å². The van der Waals surface area contributed by atoms with Crippen LogP contribution in [-0.4, -0.2) is 39.2 Å². The van der Waals surface area contributed by atoms with Gasteiger partial charge in [-0.15, -0.1) is 0 Å². The molecule has 0 aliphatic carbocycles. The molecule has 1 atom stereocenters. The molecule has 0 saturated heterocycles. The Morgan fingerprint density at radius 1 is 1.09 bits per heavy atom. The van der Waals surface area contributed by atoms with Crippen molar-refractivity contribution in [2.75, 3.05) is 6.54 Å². The molecule has 3 aromatic rings. The van der Waals surface area contributed by atoms with Crippen LogP contribution in [0.4, 0.5) is 0 Å². The van der Waals surface area contributed by atoms with Crippen LogP contribution in [0.5, 0.6) is 0 Å². The fourth-order valence-electron chi connectivity index (χ4n) is 3.97. The number of rotatable bonds is 5. The maximum Gasteiger partial charge on any atom is 0.343 e. The first-order chi connectivity index (χ1) is 15.3. The summed E-state index contributed by atoms with van der Waals surface area (Å²) in [6.45, 7) is 6.89. The number of benzene rings is 2. The molecule has 4 rings (SSSR count). The van der Waals surface area contributed by atoms with Crippen molar-refractivity contribution in [3.05, 3.63) is 87.2 Å². The van der Waals surface area contributed by atoms with Crippen molar-refractivity contribution in [3.63, 3.8) is 0 Å². The van der Waals surface area contributed by atoms with Crippen molar-refractivity contribution in [2.24, 2.45) is 0 Å². The number of aryl methyl sites for hydroxylation is 2. The molecule has 0 bridgehead atoms. The summed E-state index contributed by atoms with van der Waals surface area (Å²) in [5.41, 5.74) is 5.23. The summed E-state index contributed by atoms with van der Waals surface area (Å²) in [5, 5.41) is 4.61. The summed E-state index contributed by atoms with van der Waals surface area (Å²) in [5.74, 6) is -0.852. The summed E-state index contributed by atoms with van der Waals surface area (Å²) in [4.78, 5) is 27.5. The summed E-state index contributed by atoms with van der Waals surface area (Å²) >= 11 is 6.48. The van der Waals surface area contributed by atoms with Crippen molar-refractivity contribution in [3.8, 4) is 0 Å². The first-order valence-electron chi connectivity index (χ1n) is 10.7. The minimum absolute atomic E-state index is 0.197. The highest BCUT2D eigenvalue weighted by Gasteiger charge is 2.29. The van der Waals surface area contributed by atoms with Crippen LogP contribution >= 0.6 is 11.6 Å². The molecule has 1 aromatic heterocycles. The first-order valence-corrected chi connectivity index (χ1v) is 11.1. The van der Waals surface area contributed by atoms with Gasteiger partial charge < -0.3 is 9.64 Å². The number of aromatic nitrogens is 2. The Labute approximate surface area is 192 Å². The maximum atomic E-state index is 12.9. The van der Waals surface area contributed by atoms with E-state index in [1.165, 1.54) is 5.56 Å². The predicted octanol–water partition coefficient (Wildman–Crippen LogP) is 4.33. The monoisotopic (exact) mass is 451 g/mol. The van der Waals surface area contributed by atoms with E-state index in [2.05, 4.69) is 11.2 Å². The molecule has 6 nitrogen and oxygen atoms in total. The normalized spacial score (nSPS) is 14.1. The molecule has 0 saturated carbocycles. The van der Waals surface area contributed by atoms with Gasteiger partial charge in [0.15, 0.2) is 6.10 Å². The van der Waals surface area contributed by atoms with Gasteiger partial charge in [-0.1, -0.05) is 65.7 Å². The third-order valence-electron chi connectivity index (χ3n) is 5.80. The van der Waals surface area contributed by atoms with Crippen molar-refractivity contribution < 1.29 is 14.3 Å². The summed E-state index contributed by atoms with van der Waals surface area (Å²) in [7, 11) is 0. The van der Waals surface area contributed by atoms with E-state index in [0.29, 0.717) is 25.3 Å². The highest BCUT2D eigenvalue weighted by molar-refractivity contribution is 6.32. The predicted molar refractivity (Wildman–Crippen MR) is 123 cm³/mol. The van der Waals surface area contributed by atoms with E-state index >= 15 is 0 Å². The molecule has 1 aliphatic rings. The molecule has 1 amide bonds. The number of hydrogen-bond donors (Lipinski definition) is 0. The largest absolute Gasteiger partial charge is 0.449 e. The molecule has 1 unspecified atom stereocenters. The Balaban J connectivity index is 1.44. The van der Waals surface area contributed by atoms with Crippen LogP contribution in [0.2, 0.25) is 5.15 Å². The summed E-state index contributed by atoms with van der Waals surface area (Å²) < 4.78 is 7.09. The van der Waals surface area contributed by atoms with Crippen LogP contribution in [-0.2, 0) is 29.0 Å². The zero-order valence-electron chi connectivity index (χ0n) is 18.5. The van der Waals surface area contributed by atoms with Gasteiger partial charge in [0.2, 0.25) is 0 Å². The summed E-state index contributed by atoms with van der Waals surface area (Å²) in [6.07, 6.45) is -0.122. The van der Waals surface area contributed by atoms with Gasteiger partial charge in [0, 0.05) is 13.1 Å². The number of carbonyl (C=O) groups excluding carboxylic acids is 2. The number of hydrogen-bond acceptors (Lipinski definition) is 4. The Bertz CT molecular complexity index is 1150. The smallest absolute Gasteiger partial charge is 0.343 e. The van der Waals surface area contributed by atoms with Crippen LogP contribution < -0.4 is 0 Å². The van der Waals surface area contributed by atoms with E-state index in [-0.39, 0.29) is 16.6 Å². The average molecular weight is 452 g/mol. The van der Waals surface area contributed by atoms with Crippen molar-refractivity contribution in [1.29, 1.82) is 0 Å². The molecule has 0 radical (unpaired) electrons. The summed E-state index contributed by atoms with van der Waals surface area (Å²) in [6, 6.07) is 16.1. The molecule has 2 heterocycles. The number of halogens is 1. The van der Waals surface area contributed by atoms with Crippen LogP contribution in [0.1, 0.15) is 45.2 Å². The lowest BCUT2D eigenvalue weighted by atomic mass is 9.99. The fraction of sp³-hybridized carbons (Fsp3) is 0.320. The molecule has 166 valence electrons. The Morgan fingerprint density at radius 3 is 2.50 bits per heavy atom. The second-order valence-electron chi connectivity index (χ2n) is 8.22. The van der Waals surface area contributed by atoms with Crippen LogP contribution in [0, 0.1) is 13.8 Å². The third-order valence-corrected chi connectivity index (χ3v) is 6.18. The second kappa shape index (κ2) is 9.17. The lowest BCUT2D eigenvalue weighted by Crippen LogP contribution is -2.42. The zero-order chi connectivity index (χ0) is 22.8. The van der Waals surface area contributed by atoms with E-state index in [4.69, 9.17) is 16.3 Å². The minimum atomic E-state index is -0.913. The van der Waals surface area contributed by atoms with E-state index in [1.807, 2.05) is 49.4 Å². The Kier molecular flexibility index (Phi) is 6.33. The second-order valence-corrected chi connectivity index (χ2v) is 8.58. The van der Waals surface area contributed by atoms with Gasteiger partial charge in [0.05, 0.1) is 12.2 Å². The van der Waals surface area contributed by atoms with Gasteiger partial charge in [-0.05, 0) is 43.9 Å². The molecular formula is C25H26ClN3O3.